The van der Waals surface area contributed by atoms with Gasteiger partial charge in [0.05, 0.1) is 12.2 Å². The molecule has 0 saturated carbocycles. The van der Waals surface area contributed by atoms with Crippen molar-refractivity contribution in [3.8, 4) is 5.75 Å². The van der Waals surface area contributed by atoms with Gasteiger partial charge in [0, 0.05) is 6.42 Å². The largest absolute Gasteiger partial charge is 0.491 e. The Hall–Kier alpha value is -1.55. The topological polar surface area (TPSA) is 66.8 Å². The minimum atomic E-state index is -0.831. The van der Waals surface area contributed by atoms with Gasteiger partial charge in [-0.25, -0.2) is 0 Å². The van der Waals surface area contributed by atoms with Crippen LogP contribution in [0.1, 0.15) is 44.8 Å². The molecule has 4 nitrogen and oxygen atoms in total. The van der Waals surface area contributed by atoms with Crippen LogP contribution in [0.5, 0.6) is 5.75 Å². The fourth-order valence-corrected chi connectivity index (χ4v) is 1.65. The molecule has 0 heterocycles. The maximum absolute atomic E-state index is 10.4. The second kappa shape index (κ2) is 7.01. The molecule has 0 amide bonds. The summed E-state index contributed by atoms with van der Waals surface area (Å²) >= 11 is 0. The maximum Gasteiger partial charge on any atom is 0.303 e. The summed E-state index contributed by atoms with van der Waals surface area (Å²) in [6.07, 6.45) is 0.525. The number of hydrogen-bond acceptors (Lipinski definition) is 3. The molecule has 1 rings (SSSR count). The first-order chi connectivity index (χ1) is 8.49. The summed E-state index contributed by atoms with van der Waals surface area (Å²) in [4.78, 5) is 10.4. The smallest absolute Gasteiger partial charge is 0.303 e. The molecule has 1 atom stereocenters. The number of carboxylic acids is 1. The number of carbonyl (C=O) groups is 1. The maximum atomic E-state index is 10.4. The summed E-state index contributed by atoms with van der Waals surface area (Å²) in [5, 5.41) is 18.4. The Labute approximate surface area is 107 Å². The van der Waals surface area contributed by atoms with E-state index in [1.807, 2.05) is 38.1 Å². The Morgan fingerprint density at radius 3 is 2.39 bits per heavy atom. The SMILES string of the molecule is CC(C)Oc1ccc(C(O)CCCC(=O)O)cc1. The highest BCUT2D eigenvalue weighted by molar-refractivity contribution is 5.66. The minimum Gasteiger partial charge on any atom is -0.491 e. The number of aliphatic carboxylic acids is 1. The summed E-state index contributed by atoms with van der Waals surface area (Å²) in [6, 6.07) is 7.25. The number of benzene rings is 1. The minimum absolute atomic E-state index is 0.0889. The molecule has 18 heavy (non-hydrogen) atoms. The highest BCUT2D eigenvalue weighted by Crippen LogP contribution is 2.22. The van der Waals surface area contributed by atoms with E-state index in [2.05, 4.69) is 0 Å². The fourth-order valence-electron chi connectivity index (χ4n) is 1.65. The molecule has 0 aliphatic carbocycles. The lowest BCUT2D eigenvalue weighted by atomic mass is 10.0. The summed E-state index contributed by atoms with van der Waals surface area (Å²) in [5.74, 6) is -0.0608. The van der Waals surface area contributed by atoms with Gasteiger partial charge in [0.2, 0.25) is 0 Å². The van der Waals surface area contributed by atoms with Crippen LogP contribution in [-0.2, 0) is 4.79 Å². The Bertz CT molecular complexity index is 370. The van der Waals surface area contributed by atoms with Crippen molar-refractivity contribution >= 4 is 5.97 Å². The number of aliphatic hydroxyl groups excluding tert-OH is 1. The summed E-state index contributed by atoms with van der Waals surface area (Å²) in [6.45, 7) is 3.91. The lowest BCUT2D eigenvalue weighted by Gasteiger charge is -2.13. The molecular weight excluding hydrogens is 232 g/mol. The molecule has 1 unspecified atom stereocenters. The van der Waals surface area contributed by atoms with Crippen LogP contribution in [0, 0.1) is 0 Å². The normalized spacial score (nSPS) is 12.4. The molecule has 2 N–H and O–H groups in total. The summed E-state index contributed by atoms with van der Waals surface area (Å²) in [5.41, 5.74) is 0.788. The molecule has 0 aliphatic heterocycles. The van der Waals surface area contributed by atoms with Crippen LogP contribution >= 0.6 is 0 Å². The van der Waals surface area contributed by atoms with Crippen molar-refractivity contribution < 1.29 is 19.7 Å². The predicted molar refractivity (Wildman–Crippen MR) is 68.7 cm³/mol. The molecule has 0 bridgehead atoms. The molecule has 1 aromatic rings. The van der Waals surface area contributed by atoms with Gasteiger partial charge in [-0.1, -0.05) is 12.1 Å². The van der Waals surface area contributed by atoms with Gasteiger partial charge in [-0.05, 0) is 44.4 Å². The zero-order valence-corrected chi connectivity index (χ0v) is 10.8. The molecule has 0 saturated heterocycles. The van der Waals surface area contributed by atoms with Crippen LogP contribution < -0.4 is 4.74 Å². The van der Waals surface area contributed by atoms with E-state index in [1.165, 1.54) is 0 Å². The number of carboxylic acid groups (broad SMARTS) is 1. The molecule has 1 aromatic carbocycles. The molecule has 100 valence electrons. The van der Waals surface area contributed by atoms with Crippen LogP contribution in [0.2, 0.25) is 0 Å². The second-order valence-corrected chi connectivity index (χ2v) is 4.54. The van der Waals surface area contributed by atoms with Crippen molar-refractivity contribution in [1.29, 1.82) is 0 Å². The number of rotatable bonds is 7. The van der Waals surface area contributed by atoms with Crippen LogP contribution in [-0.4, -0.2) is 22.3 Å². The Morgan fingerprint density at radius 1 is 1.28 bits per heavy atom. The van der Waals surface area contributed by atoms with Gasteiger partial charge in [-0.3, -0.25) is 4.79 Å². The van der Waals surface area contributed by atoms with Gasteiger partial charge in [-0.15, -0.1) is 0 Å². The lowest BCUT2D eigenvalue weighted by Crippen LogP contribution is -2.05. The first-order valence-electron chi connectivity index (χ1n) is 6.15. The van der Waals surface area contributed by atoms with Crippen LogP contribution in [0.4, 0.5) is 0 Å². The quantitative estimate of drug-likeness (QED) is 0.783. The molecule has 0 fully saturated rings. The van der Waals surface area contributed by atoms with E-state index in [0.717, 1.165) is 11.3 Å². The molecule has 4 heteroatoms. The Balaban J connectivity index is 2.48. The summed E-state index contributed by atoms with van der Waals surface area (Å²) < 4.78 is 5.50. The highest BCUT2D eigenvalue weighted by Gasteiger charge is 2.09. The Kier molecular flexibility index (Phi) is 5.65. The van der Waals surface area contributed by atoms with Crippen LogP contribution in [0.3, 0.4) is 0 Å². The third kappa shape index (κ3) is 5.19. The number of aliphatic hydroxyl groups is 1. The van der Waals surface area contributed by atoms with Crippen LogP contribution in [0.25, 0.3) is 0 Å². The third-order valence-electron chi connectivity index (χ3n) is 2.50. The summed E-state index contributed by atoms with van der Waals surface area (Å²) in [7, 11) is 0. The van der Waals surface area contributed by atoms with E-state index in [-0.39, 0.29) is 12.5 Å². The van der Waals surface area contributed by atoms with E-state index < -0.39 is 12.1 Å². The zero-order valence-electron chi connectivity index (χ0n) is 10.8. The molecule has 0 spiro atoms. The number of hydrogen-bond donors (Lipinski definition) is 2. The van der Waals surface area contributed by atoms with Crippen molar-refractivity contribution in [2.45, 2.75) is 45.3 Å². The zero-order chi connectivity index (χ0) is 13.5. The van der Waals surface area contributed by atoms with Crippen molar-refractivity contribution in [3.63, 3.8) is 0 Å². The van der Waals surface area contributed by atoms with Crippen LogP contribution in [0.15, 0.2) is 24.3 Å². The monoisotopic (exact) mass is 252 g/mol. The van der Waals surface area contributed by atoms with Gasteiger partial charge < -0.3 is 14.9 Å². The van der Waals surface area contributed by atoms with Gasteiger partial charge in [-0.2, -0.15) is 0 Å². The predicted octanol–water partition coefficient (Wildman–Crippen LogP) is 2.76. The van der Waals surface area contributed by atoms with Gasteiger partial charge in [0.15, 0.2) is 0 Å². The second-order valence-electron chi connectivity index (χ2n) is 4.54. The van der Waals surface area contributed by atoms with E-state index in [0.29, 0.717) is 12.8 Å². The third-order valence-corrected chi connectivity index (χ3v) is 2.50. The Morgan fingerprint density at radius 2 is 1.89 bits per heavy atom. The van der Waals surface area contributed by atoms with Crippen molar-refractivity contribution in [2.24, 2.45) is 0 Å². The van der Waals surface area contributed by atoms with E-state index in [9.17, 15) is 9.90 Å². The van der Waals surface area contributed by atoms with Crippen molar-refractivity contribution in [1.82, 2.24) is 0 Å². The molecule has 0 aromatic heterocycles. The first kappa shape index (κ1) is 14.5. The van der Waals surface area contributed by atoms with E-state index in [4.69, 9.17) is 9.84 Å². The van der Waals surface area contributed by atoms with Crippen molar-refractivity contribution in [2.75, 3.05) is 0 Å². The average molecular weight is 252 g/mol. The number of ether oxygens (including phenoxy) is 1. The van der Waals surface area contributed by atoms with Gasteiger partial charge in [0.1, 0.15) is 5.75 Å². The first-order valence-corrected chi connectivity index (χ1v) is 6.15. The molecular formula is C14H20O4. The van der Waals surface area contributed by atoms with Crippen molar-refractivity contribution in [3.05, 3.63) is 29.8 Å². The highest BCUT2D eigenvalue weighted by atomic mass is 16.5. The average Bonchev–Trinajstić information content (AvgIpc) is 2.28. The van der Waals surface area contributed by atoms with E-state index in [1.54, 1.807) is 0 Å². The molecule has 0 radical (unpaired) electrons. The van der Waals surface area contributed by atoms with Gasteiger partial charge in [0.25, 0.3) is 0 Å². The fraction of sp³-hybridized carbons (Fsp3) is 0.500. The van der Waals surface area contributed by atoms with Gasteiger partial charge >= 0.3 is 5.97 Å². The molecule has 0 aliphatic rings. The van der Waals surface area contributed by atoms with E-state index >= 15 is 0 Å². The lowest BCUT2D eigenvalue weighted by molar-refractivity contribution is -0.137. The standard InChI is InChI=1S/C14H20O4/c1-10(2)18-12-8-6-11(7-9-12)13(15)4-3-5-14(16)17/h6-10,13,15H,3-5H2,1-2H3,(H,16,17).